The Balaban J connectivity index is 1.48. The van der Waals surface area contributed by atoms with Crippen LogP contribution < -0.4 is 9.46 Å². The first-order valence-electron chi connectivity index (χ1n) is 9.56. The summed E-state index contributed by atoms with van der Waals surface area (Å²) in [6.45, 7) is 3.18. The zero-order chi connectivity index (χ0) is 22.7. The third-order valence-electron chi connectivity index (χ3n) is 4.47. The molecule has 0 fully saturated rings. The first-order valence-corrected chi connectivity index (χ1v) is 11.0. The number of carbonyl (C=O) groups is 1. The molecule has 0 aliphatic rings. The maximum absolute atomic E-state index is 12.6. The zero-order valence-corrected chi connectivity index (χ0v) is 18.1. The smallest absolute Gasteiger partial charge is 0.261 e. The molecule has 0 spiro atoms. The van der Waals surface area contributed by atoms with Gasteiger partial charge in [0.15, 0.2) is 5.78 Å². The van der Waals surface area contributed by atoms with Crippen LogP contribution in [0.25, 0.3) is 5.82 Å². The summed E-state index contributed by atoms with van der Waals surface area (Å²) in [6.07, 6.45) is 5.04. The van der Waals surface area contributed by atoms with Crippen molar-refractivity contribution in [2.24, 2.45) is 0 Å². The van der Waals surface area contributed by atoms with Gasteiger partial charge in [-0.05, 0) is 50.2 Å². The number of hydrogen-bond acceptors (Lipinski definition) is 7. The second-order valence-electron chi connectivity index (χ2n) is 6.89. The van der Waals surface area contributed by atoms with Crippen molar-refractivity contribution < 1.29 is 17.9 Å². The number of nitrogens with one attached hydrogen (secondary N) is 1. The minimum atomic E-state index is -3.80. The van der Waals surface area contributed by atoms with E-state index in [4.69, 9.17) is 4.74 Å². The van der Waals surface area contributed by atoms with Crippen molar-refractivity contribution in [3.05, 3.63) is 84.7 Å². The molecule has 162 valence electrons. The van der Waals surface area contributed by atoms with Gasteiger partial charge in [0.1, 0.15) is 23.7 Å². The van der Waals surface area contributed by atoms with Crippen LogP contribution in [0.1, 0.15) is 23.1 Å². The van der Waals surface area contributed by atoms with E-state index in [9.17, 15) is 13.2 Å². The summed E-state index contributed by atoms with van der Waals surface area (Å²) >= 11 is 0. The molecule has 9 nitrogen and oxygen atoms in total. The molecule has 0 aliphatic carbocycles. The Morgan fingerprint density at radius 2 is 1.75 bits per heavy atom. The average Bonchev–Trinajstić information content (AvgIpc) is 3.30. The molecule has 4 aromatic rings. The van der Waals surface area contributed by atoms with Crippen molar-refractivity contribution in [3.8, 4) is 17.4 Å². The van der Waals surface area contributed by atoms with Crippen molar-refractivity contribution in [1.29, 1.82) is 0 Å². The van der Waals surface area contributed by atoms with Crippen LogP contribution >= 0.6 is 0 Å². The number of hydrogen-bond donors (Lipinski definition) is 1. The SMILES string of the molecule is CC(=O)c1ccc(S(=O)(=O)Nc2ccc(Oc3cc(-n4ccnc4)nc(C)n3)cc2)cc1. The number of nitrogens with zero attached hydrogens (tertiary/aromatic N) is 4. The summed E-state index contributed by atoms with van der Waals surface area (Å²) in [5.41, 5.74) is 0.813. The molecule has 1 N–H and O–H groups in total. The fourth-order valence-corrected chi connectivity index (χ4v) is 3.96. The van der Waals surface area contributed by atoms with Crippen molar-refractivity contribution >= 4 is 21.5 Å². The van der Waals surface area contributed by atoms with Gasteiger partial charge in [-0.3, -0.25) is 14.1 Å². The average molecular weight is 449 g/mol. The minimum absolute atomic E-state index is 0.0614. The van der Waals surface area contributed by atoms with Gasteiger partial charge in [0.2, 0.25) is 5.88 Å². The van der Waals surface area contributed by atoms with Crippen LogP contribution in [0.4, 0.5) is 5.69 Å². The Hall–Kier alpha value is -4.05. The molecule has 2 heterocycles. The highest BCUT2D eigenvalue weighted by Crippen LogP contribution is 2.24. The largest absolute Gasteiger partial charge is 0.439 e. The van der Waals surface area contributed by atoms with Gasteiger partial charge >= 0.3 is 0 Å². The summed E-state index contributed by atoms with van der Waals surface area (Å²) in [7, 11) is -3.80. The van der Waals surface area contributed by atoms with E-state index < -0.39 is 10.0 Å². The van der Waals surface area contributed by atoms with Crippen LogP contribution in [0.15, 0.2) is 78.2 Å². The Morgan fingerprint density at radius 1 is 1.03 bits per heavy atom. The van der Waals surface area contributed by atoms with Gasteiger partial charge in [0.05, 0.1) is 4.90 Å². The number of benzene rings is 2. The van der Waals surface area contributed by atoms with Gasteiger partial charge in [-0.1, -0.05) is 12.1 Å². The number of aromatic nitrogens is 4. The molecule has 0 aliphatic heterocycles. The number of ether oxygens (including phenoxy) is 1. The van der Waals surface area contributed by atoms with Crippen LogP contribution in [0.2, 0.25) is 0 Å². The van der Waals surface area contributed by atoms with E-state index in [2.05, 4.69) is 19.7 Å². The van der Waals surface area contributed by atoms with E-state index in [-0.39, 0.29) is 10.7 Å². The second kappa shape index (κ2) is 8.60. The predicted molar refractivity (Wildman–Crippen MR) is 118 cm³/mol. The lowest BCUT2D eigenvalue weighted by Crippen LogP contribution is -2.13. The van der Waals surface area contributed by atoms with Crippen molar-refractivity contribution in [1.82, 2.24) is 19.5 Å². The second-order valence-corrected chi connectivity index (χ2v) is 8.58. The molecule has 2 aromatic carbocycles. The highest BCUT2D eigenvalue weighted by Gasteiger charge is 2.15. The zero-order valence-electron chi connectivity index (χ0n) is 17.3. The number of aryl methyl sites for hydroxylation is 1. The van der Waals surface area contributed by atoms with Crippen LogP contribution in [0, 0.1) is 6.92 Å². The highest BCUT2D eigenvalue weighted by atomic mass is 32.2. The van der Waals surface area contributed by atoms with Gasteiger partial charge < -0.3 is 4.74 Å². The fourth-order valence-electron chi connectivity index (χ4n) is 2.90. The third kappa shape index (κ3) is 4.81. The molecule has 10 heteroatoms. The van der Waals surface area contributed by atoms with Crippen molar-refractivity contribution in [3.63, 3.8) is 0 Å². The van der Waals surface area contributed by atoms with Crippen LogP contribution in [-0.2, 0) is 10.0 Å². The number of Topliss-reactive ketones (excluding diaryl/α,β-unsaturated/α-hetero) is 1. The number of anilines is 1. The van der Waals surface area contributed by atoms with E-state index in [0.29, 0.717) is 34.5 Å². The van der Waals surface area contributed by atoms with Crippen molar-refractivity contribution in [2.45, 2.75) is 18.7 Å². The lowest BCUT2D eigenvalue weighted by molar-refractivity contribution is 0.101. The van der Waals surface area contributed by atoms with Crippen LogP contribution in [-0.4, -0.2) is 33.7 Å². The first kappa shape index (κ1) is 21.2. The molecule has 4 rings (SSSR count). The molecule has 32 heavy (non-hydrogen) atoms. The third-order valence-corrected chi connectivity index (χ3v) is 5.87. The lowest BCUT2D eigenvalue weighted by atomic mass is 10.2. The number of ketones is 1. The number of rotatable bonds is 7. The van der Waals surface area contributed by atoms with E-state index in [1.165, 1.54) is 31.2 Å². The molecule has 0 saturated heterocycles. The molecule has 0 unspecified atom stereocenters. The topological polar surface area (TPSA) is 116 Å². The molecule has 0 atom stereocenters. The summed E-state index contributed by atoms with van der Waals surface area (Å²) in [5.74, 6) is 1.85. The molecular formula is C22H19N5O4S. The van der Waals surface area contributed by atoms with Gasteiger partial charge in [0, 0.05) is 29.7 Å². The summed E-state index contributed by atoms with van der Waals surface area (Å²) < 4.78 is 35.2. The minimum Gasteiger partial charge on any atom is -0.439 e. The summed E-state index contributed by atoms with van der Waals surface area (Å²) in [4.78, 5) is 24.1. The van der Waals surface area contributed by atoms with E-state index in [1.807, 2.05) is 0 Å². The van der Waals surface area contributed by atoms with Gasteiger partial charge in [-0.25, -0.2) is 18.4 Å². The Labute approximate surface area is 184 Å². The van der Waals surface area contributed by atoms with Gasteiger partial charge in [-0.15, -0.1) is 0 Å². The van der Waals surface area contributed by atoms with E-state index >= 15 is 0 Å². The van der Waals surface area contributed by atoms with E-state index in [1.54, 1.807) is 60.5 Å². The standard InChI is InChI=1S/C22H19N5O4S/c1-15(28)17-3-9-20(10-4-17)32(29,30)26-18-5-7-19(8-6-18)31-22-13-21(24-16(2)25-22)27-12-11-23-14-27/h3-14,26H,1-2H3. The van der Waals surface area contributed by atoms with Crippen molar-refractivity contribution in [2.75, 3.05) is 4.72 Å². The molecule has 0 radical (unpaired) electrons. The molecule has 0 saturated carbocycles. The lowest BCUT2D eigenvalue weighted by Gasteiger charge is -2.10. The van der Waals surface area contributed by atoms with Gasteiger partial charge in [0.25, 0.3) is 10.0 Å². The maximum Gasteiger partial charge on any atom is 0.261 e. The van der Waals surface area contributed by atoms with E-state index in [0.717, 1.165) is 0 Å². The Morgan fingerprint density at radius 3 is 2.38 bits per heavy atom. The number of imidazole rings is 1. The molecule has 0 bridgehead atoms. The molecular weight excluding hydrogens is 430 g/mol. The fraction of sp³-hybridized carbons (Fsp3) is 0.0909. The normalized spacial score (nSPS) is 11.2. The van der Waals surface area contributed by atoms with Gasteiger partial charge in [-0.2, -0.15) is 4.98 Å². The van der Waals surface area contributed by atoms with Crippen LogP contribution in [0.5, 0.6) is 11.6 Å². The highest BCUT2D eigenvalue weighted by molar-refractivity contribution is 7.92. The first-order chi connectivity index (χ1) is 15.3. The maximum atomic E-state index is 12.6. The monoisotopic (exact) mass is 449 g/mol. The molecule has 0 amide bonds. The molecule has 2 aromatic heterocycles. The number of carbonyl (C=O) groups excluding carboxylic acids is 1. The predicted octanol–water partition coefficient (Wildman–Crippen LogP) is 3.77. The Bertz CT molecular complexity index is 1350. The Kier molecular flexibility index (Phi) is 5.69. The summed E-state index contributed by atoms with van der Waals surface area (Å²) in [5, 5.41) is 0. The quantitative estimate of drug-likeness (QED) is 0.427. The van der Waals surface area contributed by atoms with Crippen LogP contribution in [0.3, 0.4) is 0 Å². The number of sulfonamides is 1. The summed E-state index contributed by atoms with van der Waals surface area (Å²) in [6, 6.07) is 13.9.